The Bertz CT molecular complexity index is 938. The Morgan fingerprint density at radius 1 is 1.08 bits per heavy atom. The number of carbonyl (C=O) groups is 1. The van der Waals surface area contributed by atoms with E-state index in [9.17, 15) is 4.79 Å². The Kier molecular flexibility index (Phi) is 3.45. The molecule has 1 amide bonds. The fourth-order valence-corrected chi connectivity index (χ4v) is 4.07. The zero-order valence-corrected chi connectivity index (χ0v) is 14.5. The molecule has 2 aromatic carbocycles. The predicted octanol–water partition coefficient (Wildman–Crippen LogP) is 4.48. The van der Waals surface area contributed by atoms with Gasteiger partial charge in [0.15, 0.2) is 0 Å². The highest BCUT2D eigenvalue weighted by atomic mass is 16.2. The second-order valence-corrected chi connectivity index (χ2v) is 6.59. The summed E-state index contributed by atoms with van der Waals surface area (Å²) < 4.78 is 2.21. The average Bonchev–Trinajstić information content (AvgIpc) is 2.91. The zero-order chi connectivity index (χ0) is 16.8. The first-order valence-electron chi connectivity index (χ1n) is 8.61. The highest BCUT2D eigenvalue weighted by Gasteiger charge is 2.31. The molecule has 2 heterocycles. The van der Waals surface area contributed by atoms with Gasteiger partial charge >= 0.3 is 0 Å². The quantitative estimate of drug-likeness (QED) is 0.684. The van der Waals surface area contributed by atoms with Gasteiger partial charge in [-0.1, -0.05) is 29.8 Å². The third-order valence-corrected chi connectivity index (χ3v) is 5.01. The molecule has 0 aliphatic carbocycles. The molecule has 0 radical (unpaired) electrons. The first kappa shape index (κ1) is 15.0. The molecule has 3 heteroatoms. The Hall–Kier alpha value is -2.55. The van der Waals surface area contributed by atoms with Crippen LogP contribution in [0.3, 0.4) is 0 Å². The van der Waals surface area contributed by atoms with E-state index in [0.717, 1.165) is 30.9 Å². The lowest BCUT2D eigenvalue weighted by Crippen LogP contribution is -2.38. The van der Waals surface area contributed by atoms with Crippen LogP contribution in [-0.4, -0.2) is 17.0 Å². The molecular formula is C21H22N2O. The van der Waals surface area contributed by atoms with Crippen molar-refractivity contribution in [2.24, 2.45) is 0 Å². The summed E-state index contributed by atoms with van der Waals surface area (Å²) in [6.45, 7) is 7.94. The highest BCUT2D eigenvalue weighted by Crippen LogP contribution is 2.34. The van der Waals surface area contributed by atoms with Crippen molar-refractivity contribution in [3.05, 3.63) is 64.8 Å². The molecule has 0 bridgehead atoms. The van der Waals surface area contributed by atoms with E-state index in [1.807, 2.05) is 35.2 Å². The van der Waals surface area contributed by atoms with Crippen molar-refractivity contribution >= 4 is 22.5 Å². The minimum Gasteiger partial charge on any atom is -0.336 e. The van der Waals surface area contributed by atoms with E-state index in [1.54, 1.807) is 0 Å². The summed E-state index contributed by atoms with van der Waals surface area (Å²) in [5, 5.41) is 1.26. The van der Waals surface area contributed by atoms with Crippen LogP contribution >= 0.6 is 0 Å². The number of para-hydroxylation sites is 1. The molecule has 1 aliphatic heterocycles. The molecule has 0 atom stereocenters. The van der Waals surface area contributed by atoms with Gasteiger partial charge in [0.1, 0.15) is 5.69 Å². The van der Waals surface area contributed by atoms with Crippen molar-refractivity contribution in [3.63, 3.8) is 0 Å². The van der Waals surface area contributed by atoms with Gasteiger partial charge in [0.05, 0.1) is 5.52 Å². The molecule has 0 N–H and O–H groups in total. The van der Waals surface area contributed by atoms with Crippen molar-refractivity contribution < 1.29 is 4.79 Å². The Balaban J connectivity index is 1.95. The summed E-state index contributed by atoms with van der Waals surface area (Å²) in [5.74, 6) is 0.123. The van der Waals surface area contributed by atoms with Gasteiger partial charge in [-0.05, 0) is 56.5 Å². The Labute approximate surface area is 142 Å². The maximum Gasteiger partial charge on any atom is 0.275 e. The molecule has 1 aromatic heterocycles. The molecule has 3 nitrogen and oxygen atoms in total. The minimum absolute atomic E-state index is 0.123. The molecule has 0 saturated carbocycles. The van der Waals surface area contributed by atoms with Gasteiger partial charge in [-0.15, -0.1) is 0 Å². The Morgan fingerprint density at radius 2 is 1.83 bits per heavy atom. The molecule has 4 rings (SSSR count). The van der Waals surface area contributed by atoms with Crippen molar-refractivity contribution in [1.29, 1.82) is 0 Å². The number of anilines is 1. The second-order valence-electron chi connectivity index (χ2n) is 6.59. The number of amides is 1. The van der Waals surface area contributed by atoms with Gasteiger partial charge in [-0.3, -0.25) is 4.79 Å². The van der Waals surface area contributed by atoms with Gasteiger partial charge in [0.2, 0.25) is 0 Å². The van der Waals surface area contributed by atoms with Crippen molar-refractivity contribution in [2.45, 2.75) is 33.7 Å². The minimum atomic E-state index is 0.123. The van der Waals surface area contributed by atoms with Gasteiger partial charge in [0.25, 0.3) is 5.91 Å². The van der Waals surface area contributed by atoms with E-state index in [1.165, 1.54) is 27.6 Å². The number of hydrogen-bond donors (Lipinski definition) is 0. The molecule has 0 fully saturated rings. The van der Waals surface area contributed by atoms with E-state index in [2.05, 4.69) is 37.5 Å². The van der Waals surface area contributed by atoms with Gasteiger partial charge in [-0.25, -0.2) is 0 Å². The van der Waals surface area contributed by atoms with Crippen LogP contribution in [0.5, 0.6) is 0 Å². The van der Waals surface area contributed by atoms with E-state index >= 15 is 0 Å². The first-order valence-corrected chi connectivity index (χ1v) is 8.61. The lowest BCUT2D eigenvalue weighted by atomic mass is 10.00. The number of benzene rings is 2. The highest BCUT2D eigenvalue weighted by molar-refractivity contribution is 6.11. The maximum atomic E-state index is 13.3. The van der Waals surface area contributed by atoms with Crippen LogP contribution in [0.15, 0.2) is 42.5 Å². The first-order chi connectivity index (χ1) is 11.6. The van der Waals surface area contributed by atoms with E-state index in [0.29, 0.717) is 0 Å². The number of carbonyl (C=O) groups excluding carboxylic acids is 1. The van der Waals surface area contributed by atoms with Gasteiger partial charge in [0, 0.05) is 24.2 Å². The molecule has 0 saturated heterocycles. The summed E-state index contributed by atoms with van der Waals surface area (Å²) in [7, 11) is 0. The monoisotopic (exact) mass is 318 g/mol. The predicted molar refractivity (Wildman–Crippen MR) is 98.9 cm³/mol. The molecule has 24 heavy (non-hydrogen) atoms. The molecule has 122 valence electrons. The van der Waals surface area contributed by atoms with Crippen LogP contribution in [0.4, 0.5) is 5.69 Å². The topological polar surface area (TPSA) is 25.2 Å². The number of nitrogens with zero attached hydrogens (tertiary/aromatic N) is 2. The SMILES string of the molecule is CCn1c2c(c3cc(C)cc(C)c31)CCN(c1ccccc1)C2=O. The van der Waals surface area contributed by atoms with Crippen LogP contribution in [0.2, 0.25) is 0 Å². The summed E-state index contributed by atoms with van der Waals surface area (Å²) in [4.78, 5) is 15.2. The van der Waals surface area contributed by atoms with Gasteiger partial charge < -0.3 is 9.47 Å². The third-order valence-electron chi connectivity index (χ3n) is 5.01. The maximum absolute atomic E-state index is 13.3. The standard InChI is InChI=1S/C21H22N2O/c1-4-22-19-15(3)12-14(2)13-18(19)17-10-11-23(21(24)20(17)22)16-8-6-5-7-9-16/h5-9,12-13H,4,10-11H2,1-3H3. The molecular weight excluding hydrogens is 296 g/mol. The summed E-state index contributed by atoms with van der Waals surface area (Å²) >= 11 is 0. The normalized spacial score (nSPS) is 14.3. The Morgan fingerprint density at radius 3 is 2.54 bits per heavy atom. The fraction of sp³-hybridized carbons (Fsp3) is 0.286. The van der Waals surface area contributed by atoms with Crippen LogP contribution in [0.25, 0.3) is 10.9 Å². The van der Waals surface area contributed by atoms with Crippen molar-refractivity contribution in [1.82, 2.24) is 4.57 Å². The summed E-state index contributed by atoms with van der Waals surface area (Å²) in [6, 6.07) is 14.4. The largest absolute Gasteiger partial charge is 0.336 e. The van der Waals surface area contributed by atoms with E-state index in [4.69, 9.17) is 0 Å². The molecule has 3 aromatic rings. The zero-order valence-electron chi connectivity index (χ0n) is 14.5. The summed E-state index contributed by atoms with van der Waals surface area (Å²) in [5.41, 5.74) is 6.80. The van der Waals surface area contributed by atoms with Crippen molar-refractivity contribution in [2.75, 3.05) is 11.4 Å². The lowest BCUT2D eigenvalue weighted by molar-refractivity contribution is 0.0972. The molecule has 0 unspecified atom stereocenters. The third kappa shape index (κ3) is 2.08. The van der Waals surface area contributed by atoms with Crippen molar-refractivity contribution in [3.8, 4) is 0 Å². The molecule has 0 spiro atoms. The second kappa shape index (κ2) is 5.52. The number of rotatable bonds is 2. The van der Waals surface area contributed by atoms with Gasteiger partial charge in [-0.2, -0.15) is 0 Å². The lowest BCUT2D eigenvalue weighted by Gasteiger charge is -2.28. The smallest absolute Gasteiger partial charge is 0.275 e. The molecule has 1 aliphatic rings. The van der Waals surface area contributed by atoms with Crippen LogP contribution in [0, 0.1) is 13.8 Å². The van der Waals surface area contributed by atoms with Crippen LogP contribution in [-0.2, 0) is 13.0 Å². The van der Waals surface area contributed by atoms with Crippen LogP contribution in [0.1, 0.15) is 34.1 Å². The van der Waals surface area contributed by atoms with E-state index < -0.39 is 0 Å². The fourth-order valence-electron chi connectivity index (χ4n) is 4.07. The number of hydrogen-bond acceptors (Lipinski definition) is 1. The average molecular weight is 318 g/mol. The number of aryl methyl sites for hydroxylation is 3. The van der Waals surface area contributed by atoms with Crippen LogP contribution < -0.4 is 4.90 Å². The number of aromatic nitrogens is 1. The van der Waals surface area contributed by atoms with E-state index in [-0.39, 0.29) is 5.91 Å². The summed E-state index contributed by atoms with van der Waals surface area (Å²) in [6.07, 6.45) is 0.905. The number of fused-ring (bicyclic) bond motifs is 3.